The standard InChI is InChI=1S/C25H43O2Si/c1-6-28(7-2,8-3)27-23-12-11-22-20-10-9-18-16-19(26)15-17(4)24(18)21(20)13-14-25(22,23)5/h16-18,20-24H,6-15H2,1-5H3/t17-,18?,20-,21+,22+,23+,24?,25+/m1/s1. The fourth-order valence-corrected chi connectivity index (χ4v) is 11.3. The largest absolute Gasteiger partial charge is 0.413 e. The molecule has 0 heterocycles. The number of ketones is 1. The van der Waals surface area contributed by atoms with Crippen molar-refractivity contribution in [3.63, 3.8) is 0 Å². The first-order valence-corrected chi connectivity index (χ1v) is 15.0. The quantitative estimate of drug-likeness (QED) is 0.480. The summed E-state index contributed by atoms with van der Waals surface area (Å²) in [5.41, 5.74) is 0.406. The summed E-state index contributed by atoms with van der Waals surface area (Å²) in [7, 11) is -1.54. The molecule has 0 aliphatic heterocycles. The first kappa shape index (κ1) is 21.1. The van der Waals surface area contributed by atoms with Crippen LogP contribution in [-0.2, 0) is 9.22 Å². The fourth-order valence-electron chi connectivity index (χ4n) is 8.35. The van der Waals surface area contributed by atoms with Gasteiger partial charge < -0.3 is 4.43 Å². The van der Waals surface area contributed by atoms with Gasteiger partial charge in [0.05, 0.1) is 6.10 Å². The Kier molecular flexibility index (Phi) is 5.90. The van der Waals surface area contributed by atoms with Crippen molar-refractivity contribution >= 4 is 14.1 Å². The lowest BCUT2D eigenvalue weighted by atomic mass is 9.49. The van der Waals surface area contributed by atoms with Gasteiger partial charge in [-0.05, 0) is 97.6 Å². The summed E-state index contributed by atoms with van der Waals surface area (Å²) in [6.07, 6.45) is 11.5. The number of carbonyl (C=O) groups is 1. The molecule has 4 saturated carbocycles. The average molecular weight is 404 g/mol. The topological polar surface area (TPSA) is 26.3 Å². The maximum absolute atomic E-state index is 12.1. The molecule has 8 atom stereocenters. The normalized spacial score (nSPS) is 46.0. The van der Waals surface area contributed by atoms with Gasteiger partial charge in [0, 0.05) is 12.8 Å². The second kappa shape index (κ2) is 7.83. The lowest BCUT2D eigenvalue weighted by molar-refractivity contribution is -0.125. The van der Waals surface area contributed by atoms with E-state index in [4.69, 9.17) is 4.43 Å². The molecule has 2 unspecified atom stereocenters. The van der Waals surface area contributed by atoms with Crippen LogP contribution in [0.5, 0.6) is 0 Å². The molecule has 2 nitrogen and oxygen atoms in total. The zero-order valence-corrected chi connectivity index (χ0v) is 20.0. The molecule has 0 bridgehead atoms. The molecule has 4 rings (SSSR count). The molecule has 0 aromatic rings. The van der Waals surface area contributed by atoms with E-state index in [2.05, 4.69) is 41.0 Å². The Hall–Kier alpha value is -0.153. The smallest absolute Gasteiger partial charge is 0.192 e. The van der Waals surface area contributed by atoms with Gasteiger partial charge in [-0.15, -0.1) is 0 Å². The molecule has 0 saturated heterocycles. The highest BCUT2D eigenvalue weighted by molar-refractivity contribution is 6.73. The van der Waals surface area contributed by atoms with Crippen LogP contribution in [0.4, 0.5) is 0 Å². The molecule has 0 amide bonds. The van der Waals surface area contributed by atoms with Gasteiger partial charge in [0.15, 0.2) is 8.32 Å². The molecule has 0 aromatic heterocycles. The second-order valence-corrected chi connectivity index (χ2v) is 15.8. The second-order valence-electron chi connectivity index (χ2n) is 11.0. The minimum Gasteiger partial charge on any atom is -0.413 e. The van der Waals surface area contributed by atoms with Gasteiger partial charge in [0.1, 0.15) is 5.78 Å². The number of rotatable bonds is 5. The summed E-state index contributed by atoms with van der Waals surface area (Å²) in [4.78, 5) is 12.1. The first-order valence-electron chi connectivity index (χ1n) is 12.4. The first-order chi connectivity index (χ1) is 13.4. The predicted octanol–water partition coefficient (Wildman–Crippen LogP) is 6.66. The van der Waals surface area contributed by atoms with Crippen molar-refractivity contribution in [1.82, 2.24) is 0 Å². The Morgan fingerprint density at radius 3 is 2.43 bits per heavy atom. The summed E-state index contributed by atoms with van der Waals surface area (Å²) < 4.78 is 7.13. The zero-order valence-electron chi connectivity index (χ0n) is 19.0. The van der Waals surface area contributed by atoms with E-state index >= 15 is 0 Å². The average Bonchev–Trinajstić information content (AvgIpc) is 3.01. The molecule has 0 aromatic carbocycles. The summed E-state index contributed by atoms with van der Waals surface area (Å²) in [5, 5.41) is 0. The maximum Gasteiger partial charge on any atom is 0.192 e. The van der Waals surface area contributed by atoms with Gasteiger partial charge in [0.2, 0.25) is 0 Å². The van der Waals surface area contributed by atoms with Crippen molar-refractivity contribution in [1.29, 1.82) is 0 Å². The van der Waals surface area contributed by atoms with Crippen molar-refractivity contribution in [2.45, 2.75) is 104 Å². The molecule has 159 valence electrons. The summed E-state index contributed by atoms with van der Waals surface area (Å²) in [6, 6.07) is 3.82. The van der Waals surface area contributed by atoms with Gasteiger partial charge >= 0.3 is 0 Å². The third-order valence-corrected chi connectivity index (χ3v) is 14.8. The van der Waals surface area contributed by atoms with Gasteiger partial charge in [-0.1, -0.05) is 34.6 Å². The Morgan fingerprint density at radius 1 is 1.04 bits per heavy atom. The molecule has 4 aliphatic rings. The van der Waals surface area contributed by atoms with Crippen molar-refractivity contribution in [2.75, 3.05) is 0 Å². The highest BCUT2D eigenvalue weighted by atomic mass is 28.4. The van der Waals surface area contributed by atoms with E-state index < -0.39 is 8.32 Å². The maximum atomic E-state index is 12.1. The summed E-state index contributed by atoms with van der Waals surface area (Å²) >= 11 is 0. The lowest BCUT2D eigenvalue weighted by Crippen LogP contribution is -2.53. The molecule has 3 heteroatoms. The van der Waals surface area contributed by atoms with E-state index in [-0.39, 0.29) is 0 Å². The molecule has 1 radical (unpaired) electrons. The molecule has 28 heavy (non-hydrogen) atoms. The number of fused-ring (bicyclic) bond motifs is 5. The van der Waals surface area contributed by atoms with Crippen LogP contribution in [0.3, 0.4) is 0 Å². The van der Waals surface area contributed by atoms with E-state index in [9.17, 15) is 4.79 Å². The van der Waals surface area contributed by atoms with Crippen molar-refractivity contribution in [3.05, 3.63) is 6.42 Å². The van der Waals surface area contributed by atoms with Crippen molar-refractivity contribution in [2.24, 2.45) is 40.9 Å². The van der Waals surface area contributed by atoms with E-state index in [1.165, 1.54) is 56.7 Å². The molecule has 0 N–H and O–H groups in total. The monoisotopic (exact) mass is 403 g/mol. The van der Waals surface area contributed by atoms with Crippen LogP contribution < -0.4 is 0 Å². The van der Waals surface area contributed by atoms with Crippen LogP contribution >= 0.6 is 0 Å². The Bertz CT molecular complexity index is 577. The zero-order chi connectivity index (χ0) is 20.1. The Morgan fingerprint density at radius 2 is 1.75 bits per heavy atom. The van der Waals surface area contributed by atoms with E-state index in [0.29, 0.717) is 29.1 Å². The predicted molar refractivity (Wildman–Crippen MR) is 118 cm³/mol. The van der Waals surface area contributed by atoms with Crippen LogP contribution in [-0.4, -0.2) is 20.2 Å². The molecular weight excluding hydrogens is 360 g/mol. The number of carbonyl (C=O) groups excluding carboxylic acids is 1. The summed E-state index contributed by atoms with van der Waals surface area (Å²) in [5.74, 6) is 4.97. The third-order valence-electron chi connectivity index (χ3n) is 10.1. The molecule has 0 spiro atoms. The minimum absolute atomic E-state index is 0.406. The molecule has 4 fully saturated rings. The number of hydrogen-bond donors (Lipinski definition) is 0. The number of Topliss-reactive ketones (excluding diaryl/α,β-unsaturated/α-hetero) is 1. The Balaban J connectivity index is 1.53. The van der Waals surface area contributed by atoms with Crippen LogP contribution in [0.15, 0.2) is 0 Å². The van der Waals surface area contributed by atoms with E-state index in [1.54, 1.807) is 0 Å². The molecule has 4 aliphatic carbocycles. The van der Waals surface area contributed by atoms with Gasteiger partial charge in [-0.25, -0.2) is 0 Å². The number of hydrogen-bond acceptors (Lipinski definition) is 2. The van der Waals surface area contributed by atoms with Gasteiger partial charge in [0.25, 0.3) is 0 Å². The van der Waals surface area contributed by atoms with Gasteiger partial charge in [-0.2, -0.15) is 0 Å². The van der Waals surface area contributed by atoms with Crippen molar-refractivity contribution in [3.8, 4) is 0 Å². The summed E-state index contributed by atoms with van der Waals surface area (Å²) in [6.45, 7) is 12.1. The SMILES string of the molecule is CC[Si](CC)(CC)O[C@H]1CC[C@H]2[C@@H]3CCC4[CH]C(=O)C[C@@H](C)C4[C@H]3CC[C@]12C. The highest BCUT2D eigenvalue weighted by Gasteiger charge is 2.59. The molecular formula is C25H43O2Si. The lowest BCUT2D eigenvalue weighted by Gasteiger charge is -2.57. The van der Waals surface area contributed by atoms with Crippen LogP contribution in [0.25, 0.3) is 0 Å². The fraction of sp³-hybridized carbons (Fsp3) is 0.920. The van der Waals surface area contributed by atoms with Gasteiger partial charge in [-0.3, -0.25) is 4.79 Å². The minimum atomic E-state index is -1.54. The van der Waals surface area contributed by atoms with Crippen LogP contribution in [0, 0.1) is 47.3 Å². The van der Waals surface area contributed by atoms with Crippen LogP contribution in [0.2, 0.25) is 18.1 Å². The highest BCUT2D eigenvalue weighted by Crippen LogP contribution is 2.63. The Labute approximate surface area is 174 Å². The third kappa shape index (κ3) is 3.27. The van der Waals surface area contributed by atoms with Crippen LogP contribution in [0.1, 0.15) is 79.6 Å². The van der Waals surface area contributed by atoms with Crippen molar-refractivity contribution < 1.29 is 9.22 Å². The van der Waals surface area contributed by atoms with E-state index in [0.717, 1.165) is 30.1 Å². The van der Waals surface area contributed by atoms with E-state index in [1.807, 2.05) is 0 Å².